The van der Waals surface area contributed by atoms with E-state index in [9.17, 15) is 19.1 Å². The molecule has 5 atom stereocenters. The minimum atomic E-state index is -0.295. The SMILES string of the molecule is C[C@]12CC[C@@H]3c4ccc(O)cc4CC[C@H]3C1[C@@H](CCCCNC(=O)Cc1ccc(F)cc1)CC2=O. The van der Waals surface area contributed by atoms with E-state index in [1.54, 1.807) is 12.1 Å². The van der Waals surface area contributed by atoms with Gasteiger partial charge in [0.25, 0.3) is 0 Å². The monoisotopic (exact) mass is 477 g/mol. The topological polar surface area (TPSA) is 66.4 Å². The Morgan fingerprint density at radius 3 is 2.74 bits per heavy atom. The Morgan fingerprint density at radius 2 is 1.94 bits per heavy atom. The van der Waals surface area contributed by atoms with Crippen molar-refractivity contribution in [3.05, 3.63) is 65.0 Å². The van der Waals surface area contributed by atoms with Gasteiger partial charge in [-0.2, -0.15) is 0 Å². The molecule has 0 radical (unpaired) electrons. The zero-order chi connectivity index (χ0) is 24.6. The van der Waals surface area contributed by atoms with Crippen LogP contribution in [0.3, 0.4) is 0 Å². The van der Waals surface area contributed by atoms with Gasteiger partial charge in [-0.05, 0) is 103 Å². The molecule has 0 heterocycles. The summed E-state index contributed by atoms with van der Waals surface area (Å²) in [4.78, 5) is 25.4. The van der Waals surface area contributed by atoms with Gasteiger partial charge in [-0.25, -0.2) is 4.39 Å². The largest absolute Gasteiger partial charge is 0.508 e. The number of carbonyl (C=O) groups excluding carboxylic acids is 2. The summed E-state index contributed by atoms with van der Waals surface area (Å²) in [5, 5.41) is 12.9. The van der Waals surface area contributed by atoms with Gasteiger partial charge in [0.05, 0.1) is 6.42 Å². The van der Waals surface area contributed by atoms with Gasteiger partial charge >= 0.3 is 0 Å². The van der Waals surface area contributed by atoms with Crippen LogP contribution in [-0.2, 0) is 22.4 Å². The van der Waals surface area contributed by atoms with Crippen molar-refractivity contribution in [3.8, 4) is 5.75 Å². The van der Waals surface area contributed by atoms with Crippen molar-refractivity contribution in [2.45, 2.75) is 70.6 Å². The van der Waals surface area contributed by atoms with Crippen molar-refractivity contribution in [2.24, 2.45) is 23.2 Å². The second-order valence-corrected chi connectivity index (χ2v) is 11.2. The summed E-state index contributed by atoms with van der Waals surface area (Å²) in [6.45, 7) is 2.85. The minimum absolute atomic E-state index is 0.0396. The lowest BCUT2D eigenvalue weighted by atomic mass is 9.54. The summed E-state index contributed by atoms with van der Waals surface area (Å²) in [7, 11) is 0. The predicted octanol–water partition coefficient (Wildman–Crippen LogP) is 5.71. The summed E-state index contributed by atoms with van der Waals surface area (Å²) in [6.07, 6.45) is 8.02. The summed E-state index contributed by atoms with van der Waals surface area (Å²) in [5.74, 6) is 2.36. The maximum Gasteiger partial charge on any atom is 0.224 e. The van der Waals surface area contributed by atoms with Gasteiger partial charge in [-0.1, -0.05) is 31.5 Å². The molecule has 0 spiro atoms. The van der Waals surface area contributed by atoms with E-state index in [2.05, 4.69) is 18.3 Å². The molecule has 1 amide bonds. The summed E-state index contributed by atoms with van der Waals surface area (Å²) in [6, 6.07) is 11.9. The Kier molecular flexibility index (Phi) is 6.69. The normalized spacial score (nSPS) is 29.3. The molecular formula is C30H36FNO3. The van der Waals surface area contributed by atoms with Crippen molar-refractivity contribution >= 4 is 11.7 Å². The highest BCUT2D eigenvalue weighted by Crippen LogP contribution is 2.62. The summed E-state index contributed by atoms with van der Waals surface area (Å²) >= 11 is 0. The standard InChI is InChI=1S/C30H36FNO3/c1-30-14-13-25-24-12-10-23(33)17-20(24)7-11-26(25)29(30)21(18-27(30)34)4-2-3-15-32-28(35)16-19-5-8-22(31)9-6-19/h5-6,8-10,12,17,21,25-26,29,33H,2-4,7,11,13-16,18H2,1H3,(H,32,35)/t21-,25+,26+,29?,30+/m0/s1. The molecule has 2 saturated carbocycles. The van der Waals surface area contributed by atoms with E-state index in [0.717, 1.165) is 50.5 Å². The Balaban J connectivity index is 1.16. The number of phenolic OH excluding ortho intramolecular Hbond substituents is 1. The zero-order valence-electron chi connectivity index (χ0n) is 20.6. The highest BCUT2D eigenvalue weighted by Gasteiger charge is 2.58. The van der Waals surface area contributed by atoms with E-state index < -0.39 is 0 Å². The first-order valence-electron chi connectivity index (χ1n) is 13.2. The van der Waals surface area contributed by atoms with Gasteiger partial charge in [0.1, 0.15) is 17.3 Å². The van der Waals surface area contributed by atoms with E-state index in [4.69, 9.17) is 0 Å². The molecule has 2 aromatic rings. The number of nitrogens with one attached hydrogen (secondary N) is 1. The molecule has 35 heavy (non-hydrogen) atoms. The van der Waals surface area contributed by atoms with Crippen molar-refractivity contribution < 1.29 is 19.1 Å². The number of phenols is 1. The van der Waals surface area contributed by atoms with Gasteiger partial charge in [0, 0.05) is 18.4 Å². The molecule has 3 aliphatic carbocycles. The van der Waals surface area contributed by atoms with Gasteiger partial charge < -0.3 is 10.4 Å². The maximum absolute atomic E-state index is 13.2. The number of fused-ring (bicyclic) bond motifs is 5. The van der Waals surface area contributed by atoms with Gasteiger partial charge in [-0.15, -0.1) is 0 Å². The number of benzene rings is 2. The minimum Gasteiger partial charge on any atom is -0.508 e. The third kappa shape index (κ3) is 4.74. The lowest BCUT2D eigenvalue weighted by Gasteiger charge is -2.50. The van der Waals surface area contributed by atoms with Crippen LogP contribution in [0.25, 0.3) is 0 Å². The van der Waals surface area contributed by atoms with Crippen LogP contribution in [0.1, 0.15) is 74.5 Å². The zero-order valence-corrected chi connectivity index (χ0v) is 20.6. The molecule has 2 aromatic carbocycles. The van der Waals surface area contributed by atoms with Crippen LogP contribution >= 0.6 is 0 Å². The number of halogens is 1. The summed E-state index contributed by atoms with van der Waals surface area (Å²) in [5.41, 5.74) is 3.29. The van der Waals surface area contributed by atoms with Crippen LogP contribution in [-0.4, -0.2) is 23.3 Å². The Hall–Kier alpha value is -2.69. The lowest BCUT2D eigenvalue weighted by molar-refractivity contribution is -0.129. The molecule has 4 nitrogen and oxygen atoms in total. The number of aryl methyl sites for hydroxylation is 1. The van der Waals surface area contributed by atoms with Crippen LogP contribution in [0.2, 0.25) is 0 Å². The van der Waals surface area contributed by atoms with Crippen LogP contribution < -0.4 is 5.32 Å². The predicted molar refractivity (Wildman–Crippen MR) is 134 cm³/mol. The van der Waals surface area contributed by atoms with E-state index in [0.29, 0.717) is 48.2 Å². The average Bonchev–Trinajstić information content (AvgIpc) is 3.09. The molecular weight excluding hydrogens is 441 g/mol. The molecule has 2 N–H and O–H groups in total. The van der Waals surface area contributed by atoms with E-state index in [-0.39, 0.29) is 23.6 Å². The average molecular weight is 478 g/mol. The third-order valence-electron chi connectivity index (χ3n) is 9.16. The van der Waals surface area contributed by atoms with Gasteiger partial charge in [0.2, 0.25) is 5.91 Å². The molecule has 0 aromatic heterocycles. The van der Waals surface area contributed by atoms with Gasteiger partial charge in [0.15, 0.2) is 0 Å². The molecule has 5 rings (SSSR count). The number of ketones is 1. The fourth-order valence-electron chi connectivity index (χ4n) is 7.50. The van der Waals surface area contributed by atoms with Crippen LogP contribution in [0, 0.1) is 29.0 Å². The fraction of sp³-hybridized carbons (Fsp3) is 0.533. The number of aromatic hydroxyl groups is 1. The number of hydrogen-bond acceptors (Lipinski definition) is 3. The number of carbonyl (C=O) groups is 2. The highest BCUT2D eigenvalue weighted by atomic mass is 19.1. The smallest absolute Gasteiger partial charge is 0.224 e. The number of unbranched alkanes of at least 4 members (excludes halogenated alkanes) is 1. The maximum atomic E-state index is 13.2. The molecule has 0 aliphatic heterocycles. The molecule has 1 unspecified atom stereocenters. The van der Waals surface area contributed by atoms with Crippen LogP contribution in [0.15, 0.2) is 42.5 Å². The van der Waals surface area contributed by atoms with Crippen molar-refractivity contribution in [1.82, 2.24) is 5.32 Å². The van der Waals surface area contributed by atoms with Gasteiger partial charge in [-0.3, -0.25) is 9.59 Å². The Morgan fingerprint density at radius 1 is 1.14 bits per heavy atom. The number of Topliss-reactive ketones (excluding diaryl/α,β-unsaturated/α-hetero) is 1. The first-order valence-corrected chi connectivity index (χ1v) is 13.2. The second kappa shape index (κ2) is 9.75. The van der Waals surface area contributed by atoms with Crippen LogP contribution in [0.4, 0.5) is 4.39 Å². The first-order chi connectivity index (χ1) is 16.8. The number of rotatable bonds is 7. The Bertz CT molecular complexity index is 1100. The number of hydrogen-bond donors (Lipinski definition) is 2. The van der Waals surface area contributed by atoms with Crippen molar-refractivity contribution in [1.29, 1.82) is 0 Å². The first kappa shape index (κ1) is 24.0. The van der Waals surface area contributed by atoms with E-state index >= 15 is 0 Å². The third-order valence-corrected chi connectivity index (χ3v) is 9.16. The second-order valence-electron chi connectivity index (χ2n) is 11.2. The molecule has 5 heteroatoms. The van der Waals surface area contributed by atoms with E-state index in [1.165, 1.54) is 23.3 Å². The number of amides is 1. The Labute approximate surface area is 207 Å². The van der Waals surface area contributed by atoms with Crippen LogP contribution in [0.5, 0.6) is 5.75 Å². The quantitative estimate of drug-likeness (QED) is 0.502. The lowest BCUT2D eigenvalue weighted by Crippen LogP contribution is -2.44. The molecule has 2 fully saturated rings. The molecule has 0 saturated heterocycles. The highest BCUT2D eigenvalue weighted by molar-refractivity contribution is 5.87. The van der Waals surface area contributed by atoms with Crippen molar-refractivity contribution in [2.75, 3.05) is 6.54 Å². The van der Waals surface area contributed by atoms with Crippen molar-refractivity contribution in [3.63, 3.8) is 0 Å². The van der Waals surface area contributed by atoms with E-state index in [1.807, 2.05) is 12.1 Å². The molecule has 0 bridgehead atoms. The summed E-state index contributed by atoms with van der Waals surface area (Å²) < 4.78 is 13.0. The molecule has 3 aliphatic rings. The molecule has 186 valence electrons. The fourth-order valence-corrected chi connectivity index (χ4v) is 7.50.